The molecule has 1 aromatic carbocycles. The van der Waals surface area contributed by atoms with Gasteiger partial charge in [-0.3, -0.25) is 0 Å². The molecule has 6 heteroatoms. The molecule has 0 heterocycles. The van der Waals surface area contributed by atoms with Gasteiger partial charge in [0.25, 0.3) is 0 Å². The third kappa shape index (κ3) is 4.76. The summed E-state index contributed by atoms with van der Waals surface area (Å²) in [5.74, 6) is -0.00964. The van der Waals surface area contributed by atoms with E-state index >= 15 is 0 Å². The summed E-state index contributed by atoms with van der Waals surface area (Å²) in [4.78, 5) is 0.450. The van der Waals surface area contributed by atoms with E-state index in [0.29, 0.717) is 5.56 Å². The van der Waals surface area contributed by atoms with Gasteiger partial charge in [-0.15, -0.1) is 0 Å². The average Bonchev–Trinajstić information content (AvgIpc) is 2.48. The van der Waals surface area contributed by atoms with Crippen molar-refractivity contribution in [1.82, 2.24) is 0 Å². The van der Waals surface area contributed by atoms with Crippen LogP contribution in [0.4, 0.5) is 0 Å². The summed E-state index contributed by atoms with van der Waals surface area (Å²) in [6.07, 6.45) is 5.90. The van der Waals surface area contributed by atoms with Gasteiger partial charge >= 0.3 is 0 Å². The summed E-state index contributed by atoms with van der Waals surface area (Å²) >= 11 is 4.88. The molecule has 21 heavy (non-hydrogen) atoms. The van der Waals surface area contributed by atoms with Crippen molar-refractivity contribution in [2.45, 2.75) is 43.1 Å². The Balaban J connectivity index is 1.94. The van der Waals surface area contributed by atoms with Gasteiger partial charge in [0.05, 0.1) is 23.4 Å². The van der Waals surface area contributed by atoms with Gasteiger partial charge in [0.1, 0.15) is 4.99 Å². The molecule has 2 N–H and O–H groups in total. The van der Waals surface area contributed by atoms with Crippen molar-refractivity contribution in [3.8, 4) is 0 Å². The molecule has 0 saturated heterocycles. The van der Waals surface area contributed by atoms with Gasteiger partial charge in [-0.25, -0.2) is 8.42 Å². The number of hydrogen-bond donors (Lipinski definition) is 1. The summed E-state index contributed by atoms with van der Waals surface area (Å²) in [7, 11) is -3.36. The summed E-state index contributed by atoms with van der Waals surface area (Å²) in [5.41, 5.74) is 6.10. The molecule has 0 amide bonds. The molecule has 1 fully saturated rings. The van der Waals surface area contributed by atoms with E-state index in [-0.39, 0.29) is 28.3 Å². The molecule has 2 rings (SSSR count). The van der Waals surface area contributed by atoms with Crippen molar-refractivity contribution in [3.05, 3.63) is 29.8 Å². The molecule has 1 aliphatic carbocycles. The molecule has 0 bridgehead atoms. The van der Waals surface area contributed by atoms with E-state index in [0.717, 1.165) is 12.8 Å². The lowest BCUT2D eigenvalue weighted by atomic mass is 9.98. The Kier molecular flexibility index (Phi) is 5.72. The zero-order valence-electron chi connectivity index (χ0n) is 12.0. The fourth-order valence-electron chi connectivity index (χ4n) is 2.52. The fourth-order valence-corrected chi connectivity index (χ4v) is 3.79. The van der Waals surface area contributed by atoms with Crippen LogP contribution in [0, 0.1) is 0 Å². The van der Waals surface area contributed by atoms with E-state index in [1.54, 1.807) is 18.2 Å². The summed E-state index contributed by atoms with van der Waals surface area (Å²) < 4.78 is 30.3. The lowest BCUT2D eigenvalue weighted by molar-refractivity contribution is 0.0379. The first-order valence-electron chi connectivity index (χ1n) is 7.23. The zero-order valence-corrected chi connectivity index (χ0v) is 13.6. The van der Waals surface area contributed by atoms with E-state index in [4.69, 9.17) is 22.7 Å². The van der Waals surface area contributed by atoms with Crippen LogP contribution in [0.25, 0.3) is 0 Å². The highest BCUT2D eigenvalue weighted by Gasteiger charge is 2.18. The van der Waals surface area contributed by atoms with Crippen molar-refractivity contribution < 1.29 is 13.2 Å². The lowest BCUT2D eigenvalue weighted by Gasteiger charge is -2.21. The van der Waals surface area contributed by atoms with E-state index in [2.05, 4.69) is 0 Å². The van der Waals surface area contributed by atoms with Crippen LogP contribution in [0.5, 0.6) is 0 Å². The van der Waals surface area contributed by atoms with E-state index < -0.39 is 9.84 Å². The summed E-state index contributed by atoms with van der Waals surface area (Å²) in [6.45, 7) is 0.240. The Labute approximate surface area is 131 Å². The van der Waals surface area contributed by atoms with E-state index in [1.807, 2.05) is 0 Å². The van der Waals surface area contributed by atoms with Gasteiger partial charge in [-0.05, 0) is 25.0 Å². The molecule has 0 radical (unpaired) electrons. The first-order chi connectivity index (χ1) is 9.99. The van der Waals surface area contributed by atoms with Crippen molar-refractivity contribution in [3.63, 3.8) is 0 Å². The molecule has 116 valence electrons. The first kappa shape index (κ1) is 16.4. The van der Waals surface area contributed by atoms with E-state index in [9.17, 15) is 8.42 Å². The monoisotopic (exact) mass is 327 g/mol. The second kappa shape index (κ2) is 7.33. The predicted molar refractivity (Wildman–Crippen MR) is 87.2 cm³/mol. The normalized spacial score (nSPS) is 16.8. The molecule has 1 aromatic rings. The Morgan fingerprint density at radius 1 is 1.29 bits per heavy atom. The minimum absolute atomic E-state index is 0.00964. The van der Waals surface area contributed by atoms with Crippen molar-refractivity contribution in [1.29, 1.82) is 0 Å². The van der Waals surface area contributed by atoms with Gasteiger partial charge in [-0.1, -0.05) is 43.6 Å². The van der Waals surface area contributed by atoms with Crippen LogP contribution in [-0.2, 0) is 14.6 Å². The Morgan fingerprint density at radius 3 is 2.67 bits per heavy atom. The number of hydrogen-bond acceptors (Lipinski definition) is 4. The number of ether oxygens (including phenoxy) is 1. The highest BCUT2D eigenvalue weighted by atomic mass is 32.2. The highest BCUT2D eigenvalue weighted by molar-refractivity contribution is 7.91. The van der Waals surface area contributed by atoms with Gasteiger partial charge < -0.3 is 10.5 Å². The summed E-state index contributed by atoms with van der Waals surface area (Å²) in [5, 5.41) is 0. The molecular formula is C15H21NO3S2. The maximum absolute atomic E-state index is 12.3. The number of benzene rings is 1. The Hall–Kier alpha value is -0.980. The van der Waals surface area contributed by atoms with Crippen LogP contribution >= 0.6 is 12.2 Å². The molecule has 0 aliphatic heterocycles. The molecule has 0 aromatic heterocycles. The van der Waals surface area contributed by atoms with Gasteiger partial charge in [-0.2, -0.15) is 0 Å². The minimum Gasteiger partial charge on any atom is -0.389 e. The Morgan fingerprint density at radius 2 is 2.00 bits per heavy atom. The second-order valence-electron chi connectivity index (χ2n) is 5.34. The smallest absolute Gasteiger partial charge is 0.180 e. The predicted octanol–water partition coefficient (Wildman–Crippen LogP) is 2.44. The van der Waals surface area contributed by atoms with Crippen LogP contribution < -0.4 is 5.73 Å². The van der Waals surface area contributed by atoms with E-state index in [1.165, 1.54) is 25.3 Å². The third-order valence-electron chi connectivity index (χ3n) is 3.74. The van der Waals surface area contributed by atoms with Crippen LogP contribution in [0.1, 0.15) is 37.7 Å². The van der Waals surface area contributed by atoms with Crippen molar-refractivity contribution in [2.24, 2.45) is 5.73 Å². The minimum atomic E-state index is -3.36. The van der Waals surface area contributed by atoms with Gasteiger partial charge in [0, 0.05) is 5.56 Å². The molecule has 1 saturated carbocycles. The zero-order chi connectivity index (χ0) is 15.3. The quantitative estimate of drug-likeness (QED) is 0.813. The summed E-state index contributed by atoms with van der Waals surface area (Å²) in [6, 6.07) is 6.46. The molecule has 0 atom stereocenters. The maximum atomic E-state index is 12.3. The van der Waals surface area contributed by atoms with Crippen LogP contribution in [0.15, 0.2) is 29.2 Å². The van der Waals surface area contributed by atoms with Gasteiger partial charge in [0.2, 0.25) is 0 Å². The fraction of sp³-hybridized carbons (Fsp3) is 0.533. The highest BCUT2D eigenvalue weighted by Crippen LogP contribution is 2.20. The molecular weight excluding hydrogens is 306 g/mol. The average molecular weight is 327 g/mol. The molecule has 1 aliphatic rings. The SMILES string of the molecule is NC(=S)c1cccc(S(=O)(=O)CCOC2CCCCC2)c1. The lowest BCUT2D eigenvalue weighted by Crippen LogP contribution is -2.21. The molecule has 4 nitrogen and oxygen atoms in total. The number of thiocarbonyl (C=S) groups is 1. The topological polar surface area (TPSA) is 69.4 Å². The van der Waals surface area contributed by atoms with Crippen molar-refractivity contribution >= 4 is 27.0 Å². The van der Waals surface area contributed by atoms with Crippen LogP contribution in [0.2, 0.25) is 0 Å². The second-order valence-corrected chi connectivity index (χ2v) is 7.89. The largest absolute Gasteiger partial charge is 0.389 e. The maximum Gasteiger partial charge on any atom is 0.180 e. The number of sulfone groups is 1. The van der Waals surface area contributed by atoms with Crippen LogP contribution in [0.3, 0.4) is 0 Å². The standard InChI is InChI=1S/C15H21NO3S2/c16-15(20)12-5-4-8-14(11-12)21(17,18)10-9-19-13-6-2-1-3-7-13/h4-5,8,11,13H,1-3,6-7,9-10H2,(H2,16,20). The Bertz CT molecular complexity index is 593. The number of nitrogens with two attached hydrogens (primary N) is 1. The third-order valence-corrected chi connectivity index (χ3v) is 5.65. The van der Waals surface area contributed by atoms with Crippen LogP contribution in [-0.4, -0.2) is 31.9 Å². The van der Waals surface area contributed by atoms with Crippen molar-refractivity contribution in [2.75, 3.05) is 12.4 Å². The number of rotatable bonds is 6. The van der Waals surface area contributed by atoms with Gasteiger partial charge in [0.15, 0.2) is 9.84 Å². The molecule has 0 unspecified atom stereocenters. The first-order valence-corrected chi connectivity index (χ1v) is 9.29. The molecule has 0 spiro atoms.